The summed E-state index contributed by atoms with van der Waals surface area (Å²) in [6.07, 6.45) is 1.77. The molecule has 0 N–H and O–H groups in total. The topological polar surface area (TPSA) is 31.4 Å². The highest BCUT2D eigenvalue weighted by Gasteiger charge is 2.18. The van der Waals surface area contributed by atoms with E-state index < -0.39 is 0 Å². The van der Waals surface area contributed by atoms with Crippen LogP contribution in [0.2, 0.25) is 0 Å². The van der Waals surface area contributed by atoms with E-state index in [0.29, 0.717) is 6.61 Å². The molecular formula is C18H23NO2. The fourth-order valence-electron chi connectivity index (χ4n) is 2.11. The number of hydrogen-bond donors (Lipinski definition) is 0. The van der Waals surface area contributed by atoms with Crippen molar-refractivity contribution in [3.8, 4) is 22.8 Å². The Kier molecular flexibility index (Phi) is 4.51. The van der Waals surface area contributed by atoms with Crippen LogP contribution in [0.3, 0.4) is 0 Å². The Morgan fingerprint density at radius 3 is 2.57 bits per heavy atom. The van der Waals surface area contributed by atoms with Crippen molar-refractivity contribution in [2.24, 2.45) is 0 Å². The predicted octanol–water partition coefficient (Wildman–Crippen LogP) is 4.63. The van der Waals surface area contributed by atoms with E-state index in [1.54, 1.807) is 6.20 Å². The minimum Gasteiger partial charge on any atom is -0.494 e. The summed E-state index contributed by atoms with van der Waals surface area (Å²) in [5.74, 6) is 1.71. The van der Waals surface area contributed by atoms with Crippen LogP contribution >= 0.6 is 0 Å². The largest absolute Gasteiger partial charge is 0.494 e. The second-order valence-electron chi connectivity index (χ2n) is 5.98. The lowest BCUT2D eigenvalue weighted by Gasteiger charge is -2.24. The zero-order valence-electron chi connectivity index (χ0n) is 13.4. The van der Waals surface area contributed by atoms with Gasteiger partial charge in [-0.1, -0.05) is 12.1 Å². The standard InChI is InChI=1S/C18H23NO2/c1-6-20-14-10-11-19-16(12-14)15-9-7-8-13(2)17(15)21-18(3,4)5/h7-12H,6H2,1-5H3. The Labute approximate surface area is 126 Å². The molecule has 0 bridgehead atoms. The third-order valence-corrected chi connectivity index (χ3v) is 2.94. The molecule has 0 unspecified atom stereocenters. The molecule has 0 aliphatic rings. The molecule has 0 saturated carbocycles. The second kappa shape index (κ2) is 6.17. The number of aryl methyl sites for hydroxylation is 1. The molecule has 3 nitrogen and oxygen atoms in total. The maximum absolute atomic E-state index is 6.14. The molecule has 0 atom stereocenters. The number of para-hydroxylation sites is 1. The van der Waals surface area contributed by atoms with Crippen LogP contribution in [0.25, 0.3) is 11.3 Å². The molecular weight excluding hydrogens is 262 g/mol. The first-order chi connectivity index (χ1) is 9.90. The van der Waals surface area contributed by atoms with Gasteiger partial charge in [0.05, 0.1) is 12.3 Å². The van der Waals surface area contributed by atoms with E-state index in [1.165, 1.54) is 0 Å². The highest BCUT2D eigenvalue weighted by atomic mass is 16.5. The molecule has 21 heavy (non-hydrogen) atoms. The normalized spacial score (nSPS) is 11.3. The van der Waals surface area contributed by atoms with Gasteiger partial charge in [0.15, 0.2) is 0 Å². The van der Waals surface area contributed by atoms with Gasteiger partial charge >= 0.3 is 0 Å². The Morgan fingerprint density at radius 1 is 1.14 bits per heavy atom. The average Bonchev–Trinajstić information content (AvgIpc) is 2.40. The van der Waals surface area contributed by atoms with Crippen molar-refractivity contribution < 1.29 is 9.47 Å². The molecule has 2 rings (SSSR count). The van der Waals surface area contributed by atoms with Crippen molar-refractivity contribution in [3.63, 3.8) is 0 Å². The maximum atomic E-state index is 6.14. The Hall–Kier alpha value is -2.03. The van der Waals surface area contributed by atoms with E-state index in [9.17, 15) is 0 Å². The summed E-state index contributed by atoms with van der Waals surface area (Å²) in [7, 11) is 0. The van der Waals surface area contributed by atoms with Crippen LogP contribution in [0.1, 0.15) is 33.3 Å². The highest BCUT2D eigenvalue weighted by molar-refractivity contribution is 5.70. The predicted molar refractivity (Wildman–Crippen MR) is 86.0 cm³/mol. The lowest BCUT2D eigenvalue weighted by Crippen LogP contribution is -2.23. The van der Waals surface area contributed by atoms with Gasteiger partial charge < -0.3 is 9.47 Å². The molecule has 0 amide bonds. The van der Waals surface area contributed by atoms with Crippen molar-refractivity contribution in [2.75, 3.05) is 6.61 Å². The molecule has 0 spiro atoms. The summed E-state index contributed by atoms with van der Waals surface area (Å²) in [4.78, 5) is 4.46. The van der Waals surface area contributed by atoms with Gasteiger partial charge in [-0.05, 0) is 52.3 Å². The van der Waals surface area contributed by atoms with Crippen LogP contribution < -0.4 is 9.47 Å². The van der Waals surface area contributed by atoms with E-state index in [2.05, 4.69) is 18.0 Å². The molecule has 1 aromatic carbocycles. The molecule has 2 aromatic rings. The third kappa shape index (κ3) is 3.97. The zero-order chi connectivity index (χ0) is 15.5. The lowest BCUT2D eigenvalue weighted by molar-refractivity contribution is 0.130. The first-order valence-electron chi connectivity index (χ1n) is 7.28. The van der Waals surface area contributed by atoms with Crippen molar-refractivity contribution in [1.82, 2.24) is 4.98 Å². The summed E-state index contributed by atoms with van der Waals surface area (Å²) in [6, 6.07) is 9.93. The zero-order valence-corrected chi connectivity index (χ0v) is 13.4. The first-order valence-corrected chi connectivity index (χ1v) is 7.28. The number of pyridine rings is 1. The summed E-state index contributed by atoms with van der Waals surface area (Å²) in [6.45, 7) is 10.8. The van der Waals surface area contributed by atoms with Gasteiger partial charge in [-0.25, -0.2) is 0 Å². The monoisotopic (exact) mass is 285 g/mol. The summed E-state index contributed by atoms with van der Waals surface area (Å²) in [5, 5.41) is 0. The quantitative estimate of drug-likeness (QED) is 0.820. The maximum Gasteiger partial charge on any atom is 0.132 e. The van der Waals surface area contributed by atoms with Gasteiger partial charge in [-0.15, -0.1) is 0 Å². The summed E-state index contributed by atoms with van der Waals surface area (Å²) < 4.78 is 11.7. The Bertz CT molecular complexity index is 615. The van der Waals surface area contributed by atoms with Crippen LogP contribution in [0.4, 0.5) is 0 Å². The van der Waals surface area contributed by atoms with Crippen molar-refractivity contribution in [1.29, 1.82) is 0 Å². The lowest BCUT2D eigenvalue weighted by atomic mass is 10.0. The van der Waals surface area contributed by atoms with Gasteiger partial charge in [0.2, 0.25) is 0 Å². The fraction of sp³-hybridized carbons (Fsp3) is 0.389. The minimum atomic E-state index is -0.252. The smallest absolute Gasteiger partial charge is 0.132 e. The number of hydrogen-bond acceptors (Lipinski definition) is 3. The van der Waals surface area contributed by atoms with Crippen molar-refractivity contribution in [3.05, 3.63) is 42.1 Å². The first kappa shape index (κ1) is 15.4. The van der Waals surface area contributed by atoms with E-state index in [4.69, 9.17) is 9.47 Å². The molecule has 3 heteroatoms. The van der Waals surface area contributed by atoms with Crippen molar-refractivity contribution in [2.45, 2.75) is 40.2 Å². The number of nitrogens with zero attached hydrogens (tertiary/aromatic N) is 1. The molecule has 0 radical (unpaired) electrons. The molecule has 0 aliphatic heterocycles. The number of benzene rings is 1. The molecule has 112 valence electrons. The van der Waals surface area contributed by atoms with E-state index in [-0.39, 0.29) is 5.60 Å². The van der Waals surface area contributed by atoms with Crippen LogP contribution in [-0.2, 0) is 0 Å². The van der Waals surface area contributed by atoms with E-state index in [0.717, 1.165) is 28.3 Å². The van der Waals surface area contributed by atoms with Crippen molar-refractivity contribution >= 4 is 0 Å². The fourth-order valence-corrected chi connectivity index (χ4v) is 2.11. The van der Waals surface area contributed by atoms with Gasteiger partial charge in [0, 0.05) is 17.8 Å². The van der Waals surface area contributed by atoms with Gasteiger partial charge in [-0.3, -0.25) is 4.98 Å². The van der Waals surface area contributed by atoms with Gasteiger partial charge in [-0.2, -0.15) is 0 Å². The second-order valence-corrected chi connectivity index (χ2v) is 5.98. The molecule has 0 saturated heterocycles. The number of aromatic nitrogens is 1. The Morgan fingerprint density at radius 2 is 1.90 bits per heavy atom. The third-order valence-electron chi connectivity index (χ3n) is 2.94. The van der Waals surface area contributed by atoms with Gasteiger partial charge in [0.25, 0.3) is 0 Å². The molecule has 1 aromatic heterocycles. The van der Waals surface area contributed by atoms with E-state index >= 15 is 0 Å². The molecule has 0 fully saturated rings. The van der Waals surface area contributed by atoms with Gasteiger partial charge in [0.1, 0.15) is 17.1 Å². The van der Waals surface area contributed by atoms with Crippen LogP contribution in [-0.4, -0.2) is 17.2 Å². The SMILES string of the molecule is CCOc1ccnc(-c2cccc(C)c2OC(C)(C)C)c1. The summed E-state index contributed by atoms with van der Waals surface area (Å²) >= 11 is 0. The summed E-state index contributed by atoms with van der Waals surface area (Å²) in [5.41, 5.74) is 2.71. The molecule has 1 heterocycles. The van der Waals surface area contributed by atoms with Crippen LogP contribution in [0.15, 0.2) is 36.5 Å². The Balaban J connectivity index is 2.48. The highest BCUT2D eigenvalue weighted by Crippen LogP contribution is 2.35. The van der Waals surface area contributed by atoms with E-state index in [1.807, 2.05) is 52.0 Å². The minimum absolute atomic E-state index is 0.252. The number of ether oxygens (including phenoxy) is 2. The van der Waals surface area contributed by atoms with Crippen LogP contribution in [0.5, 0.6) is 11.5 Å². The molecule has 0 aliphatic carbocycles. The number of rotatable bonds is 4. The average molecular weight is 285 g/mol. The van der Waals surface area contributed by atoms with Crippen LogP contribution in [0, 0.1) is 6.92 Å².